The fourth-order valence-electron chi connectivity index (χ4n) is 1.35. The Labute approximate surface area is 103 Å². The molecule has 0 amide bonds. The summed E-state index contributed by atoms with van der Waals surface area (Å²) >= 11 is 11.8. The summed E-state index contributed by atoms with van der Waals surface area (Å²) in [6.07, 6.45) is 1.46. The Morgan fingerprint density at radius 3 is 2.38 bits per heavy atom. The van der Waals surface area contributed by atoms with Crippen molar-refractivity contribution >= 4 is 29.0 Å². The molecule has 2 nitrogen and oxygen atoms in total. The van der Waals surface area contributed by atoms with Crippen LogP contribution in [0, 0.1) is 0 Å². The Balaban J connectivity index is 2.50. The van der Waals surface area contributed by atoms with Crippen molar-refractivity contribution in [1.29, 1.82) is 0 Å². The highest BCUT2D eigenvalue weighted by atomic mass is 35.5. The van der Waals surface area contributed by atoms with E-state index in [0.717, 1.165) is 0 Å². The van der Waals surface area contributed by atoms with E-state index >= 15 is 0 Å². The number of ketones is 1. The SMILES string of the molecule is O=C(c1ccccc1)c1c(Cl)ccnc1Cl. The van der Waals surface area contributed by atoms with Gasteiger partial charge in [0.1, 0.15) is 5.15 Å². The zero-order valence-electron chi connectivity index (χ0n) is 8.15. The van der Waals surface area contributed by atoms with Gasteiger partial charge in [-0.3, -0.25) is 4.79 Å². The molecule has 1 aromatic heterocycles. The van der Waals surface area contributed by atoms with Crippen molar-refractivity contribution in [3.63, 3.8) is 0 Å². The molecule has 2 aromatic rings. The van der Waals surface area contributed by atoms with E-state index in [4.69, 9.17) is 23.2 Å². The molecule has 0 aliphatic heterocycles. The van der Waals surface area contributed by atoms with Crippen LogP contribution in [0.3, 0.4) is 0 Å². The number of hydrogen-bond acceptors (Lipinski definition) is 2. The third-order valence-electron chi connectivity index (χ3n) is 2.12. The summed E-state index contributed by atoms with van der Waals surface area (Å²) in [6.45, 7) is 0. The van der Waals surface area contributed by atoms with Crippen molar-refractivity contribution < 1.29 is 4.79 Å². The average Bonchev–Trinajstić information content (AvgIpc) is 2.30. The number of rotatable bonds is 2. The molecule has 0 atom stereocenters. The number of carbonyl (C=O) groups excluding carboxylic acids is 1. The van der Waals surface area contributed by atoms with Gasteiger partial charge >= 0.3 is 0 Å². The Bertz CT molecular complexity index is 506. The molecule has 0 radical (unpaired) electrons. The lowest BCUT2D eigenvalue weighted by atomic mass is 10.1. The van der Waals surface area contributed by atoms with Gasteiger partial charge in [0.2, 0.25) is 0 Å². The van der Waals surface area contributed by atoms with Crippen LogP contribution in [-0.4, -0.2) is 10.8 Å². The first-order valence-electron chi connectivity index (χ1n) is 4.60. The van der Waals surface area contributed by atoms with Crippen molar-refractivity contribution in [2.45, 2.75) is 0 Å². The highest BCUT2D eigenvalue weighted by Crippen LogP contribution is 2.24. The maximum atomic E-state index is 12.1. The molecule has 0 saturated heterocycles. The van der Waals surface area contributed by atoms with Gasteiger partial charge in [-0.15, -0.1) is 0 Å². The van der Waals surface area contributed by atoms with Crippen LogP contribution >= 0.6 is 23.2 Å². The molecule has 0 bridgehead atoms. The van der Waals surface area contributed by atoms with Crippen molar-refractivity contribution in [3.8, 4) is 0 Å². The molecule has 2 rings (SSSR count). The third-order valence-corrected chi connectivity index (χ3v) is 2.72. The molecule has 0 N–H and O–H groups in total. The predicted molar refractivity (Wildman–Crippen MR) is 64.1 cm³/mol. The van der Waals surface area contributed by atoms with Gasteiger partial charge in [-0.05, 0) is 6.07 Å². The maximum absolute atomic E-state index is 12.1. The fraction of sp³-hybridized carbons (Fsp3) is 0. The molecule has 0 saturated carbocycles. The second-order valence-corrected chi connectivity index (χ2v) is 3.92. The molecule has 0 unspecified atom stereocenters. The van der Waals surface area contributed by atoms with Gasteiger partial charge in [-0.1, -0.05) is 53.5 Å². The summed E-state index contributed by atoms with van der Waals surface area (Å²) in [7, 11) is 0. The second kappa shape index (κ2) is 4.64. The van der Waals surface area contributed by atoms with Gasteiger partial charge in [-0.25, -0.2) is 4.98 Å². The Kier molecular flexibility index (Phi) is 3.22. The van der Waals surface area contributed by atoms with Crippen LogP contribution in [0.4, 0.5) is 0 Å². The van der Waals surface area contributed by atoms with Crippen molar-refractivity contribution in [1.82, 2.24) is 4.98 Å². The number of nitrogens with zero attached hydrogens (tertiary/aromatic N) is 1. The Hall–Kier alpha value is -1.38. The minimum Gasteiger partial charge on any atom is -0.288 e. The smallest absolute Gasteiger partial charge is 0.197 e. The summed E-state index contributed by atoms with van der Waals surface area (Å²) in [4.78, 5) is 15.9. The highest BCUT2D eigenvalue weighted by Gasteiger charge is 2.16. The standard InChI is InChI=1S/C12H7Cl2NO/c13-9-6-7-15-12(14)10(9)11(16)8-4-2-1-3-5-8/h1-7H. The Morgan fingerprint density at radius 1 is 1.06 bits per heavy atom. The maximum Gasteiger partial charge on any atom is 0.197 e. The molecule has 4 heteroatoms. The zero-order valence-corrected chi connectivity index (χ0v) is 9.66. The zero-order chi connectivity index (χ0) is 11.5. The van der Waals surface area contributed by atoms with Crippen LogP contribution in [0.25, 0.3) is 0 Å². The van der Waals surface area contributed by atoms with Gasteiger partial charge in [0.05, 0.1) is 10.6 Å². The number of pyridine rings is 1. The van der Waals surface area contributed by atoms with Gasteiger partial charge < -0.3 is 0 Å². The first-order valence-corrected chi connectivity index (χ1v) is 5.35. The lowest BCUT2D eigenvalue weighted by Gasteiger charge is -2.04. The number of halogens is 2. The molecule has 0 aliphatic rings. The number of aromatic nitrogens is 1. The molecule has 80 valence electrons. The van der Waals surface area contributed by atoms with E-state index in [-0.39, 0.29) is 16.5 Å². The second-order valence-electron chi connectivity index (χ2n) is 3.15. The van der Waals surface area contributed by atoms with E-state index in [1.807, 2.05) is 6.07 Å². The van der Waals surface area contributed by atoms with Crippen molar-refractivity contribution in [2.24, 2.45) is 0 Å². The van der Waals surface area contributed by atoms with Crippen molar-refractivity contribution in [2.75, 3.05) is 0 Å². The summed E-state index contributed by atoms with van der Waals surface area (Å²) in [5.41, 5.74) is 0.788. The number of carbonyl (C=O) groups is 1. The highest BCUT2D eigenvalue weighted by molar-refractivity contribution is 6.40. The molecule has 1 aromatic carbocycles. The first kappa shape index (κ1) is 11.1. The summed E-state index contributed by atoms with van der Waals surface area (Å²) in [5, 5.41) is 0.440. The molecule has 0 spiro atoms. The van der Waals surface area contributed by atoms with Crippen LogP contribution in [0.15, 0.2) is 42.6 Å². The summed E-state index contributed by atoms with van der Waals surface area (Å²) in [6, 6.07) is 10.4. The normalized spacial score (nSPS) is 10.1. The van der Waals surface area contributed by atoms with Crippen LogP contribution in [-0.2, 0) is 0 Å². The summed E-state index contributed by atoms with van der Waals surface area (Å²) in [5.74, 6) is -0.219. The molecular weight excluding hydrogens is 245 g/mol. The van der Waals surface area contributed by atoms with E-state index in [1.165, 1.54) is 6.20 Å². The quantitative estimate of drug-likeness (QED) is 0.603. The van der Waals surface area contributed by atoms with E-state index in [9.17, 15) is 4.79 Å². The topological polar surface area (TPSA) is 30.0 Å². The third kappa shape index (κ3) is 2.08. The lowest BCUT2D eigenvalue weighted by molar-refractivity contribution is 0.103. The first-order chi connectivity index (χ1) is 7.70. The monoisotopic (exact) mass is 251 g/mol. The lowest BCUT2D eigenvalue weighted by Crippen LogP contribution is -2.03. The molecule has 16 heavy (non-hydrogen) atoms. The summed E-state index contributed by atoms with van der Waals surface area (Å²) < 4.78 is 0. The van der Waals surface area contributed by atoms with Crippen molar-refractivity contribution in [3.05, 3.63) is 63.9 Å². The van der Waals surface area contributed by atoms with Crippen LogP contribution in [0.2, 0.25) is 10.2 Å². The molecule has 1 heterocycles. The van der Waals surface area contributed by atoms with E-state index in [1.54, 1.807) is 30.3 Å². The van der Waals surface area contributed by atoms with E-state index < -0.39 is 0 Å². The minimum atomic E-state index is -0.219. The fourth-order valence-corrected chi connectivity index (χ4v) is 1.87. The molecule has 0 fully saturated rings. The van der Waals surface area contributed by atoms with Crippen LogP contribution < -0.4 is 0 Å². The number of hydrogen-bond donors (Lipinski definition) is 0. The minimum absolute atomic E-state index is 0.126. The van der Waals surface area contributed by atoms with Gasteiger partial charge in [0.25, 0.3) is 0 Å². The predicted octanol–water partition coefficient (Wildman–Crippen LogP) is 3.62. The Morgan fingerprint density at radius 2 is 1.75 bits per heavy atom. The van der Waals surface area contributed by atoms with Crippen LogP contribution in [0.1, 0.15) is 15.9 Å². The van der Waals surface area contributed by atoms with Gasteiger partial charge in [0.15, 0.2) is 5.78 Å². The largest absolute Gasteiger partial charge is 0.288 e. The molecule has 0 aliphatic carbocycles. The van der Waals surface area contributed by atoms with Gasteiger partial charge in [-0.2, -0.15) is 0 Å². The van der Waals surface area contributed by atoms with E-state index in [2.05, 4.69) is 4.98 Å². The van der Waals surface area contributed by atoms with Gasteiger partial charge in [0, 0.05) is 11.8 Å². The van der Waals surface area contributed by atoms with Crippen LogP contribution in [0.5, 0.6) is 0 Å². The van der Waals surface area contributed by atoms with E-state index in [0.29, 0.717) is 10.6 Å². The average molecular weight is 252 g/mol. The number of benzene rings is 1. The molecular formula is C12H7Cl2NO.